The molecule has 0 aliphatic rings. The summed E-state index contributed by atoms with van der Waals surface area (Å²) in [5.41, 5.74) is 5.72. The van der Waals surface area contributed by atoms with Crippen molar-refractivity contribution in [3.63, 3.8) is 0 Å². The molecule has 7 nitrogen and oxygen atoms in total. The number of aryl methyl sites for hydroxylation is 2. The van der Waals surface area contributed by atoms with Crippen molar-refractivity contribution < 1.29 is 22.7 Å². The van der Waals surface area contributed by atoms with Crippen LogP contribution in [-0.4, -0.2) is 27.5 Å². The van der Waals surface area contributed by atoms with Crippen molar-refractivity contribution >= 4 is 33.5 Å². The Morgan fingerprint density at radius 3 is 2.32 bits per heavy atom. The van der Waals surface area contributed by atoms with Gasteiger partial charge >= 0.3 is 5.97 Å². The third-order valence-electron chi connectivity index (χ3n) is 5.18. The van der Waals surface area contributed by atoms with Crippen molar-refractivity contribution in [1.29, 1.82) is 0 Å². The second-order valence-corrected chi connectivity index (χ2v) is 9.60. The van der Waals surface area contributed by atoms with Gasteiger partial charge in [-0.25, -0.2) is 9.44 Å². The van der Waals surface area contributed by atoms with Gasteiger partial charge in [-0.05, 0) is 66.8 Å². The van der Waals surface area contributed by atoms with E-state index in [0.29, 0.717) is 10.1 Å². The Hall–Kier alpha value is -3.07. The molecular weight excluding hydrogens is 476 g/mol. The first kappa shape index (κ1) is 25.6. The van der Waals surface area contributed by atoms with Crippen molar-refractivity contribution in [1.82, 2.24) is 0 Å². The van der Waals surface area contributed by atoms with Gasteiger partial charge in [0.2, 0.25) is 0 Å². The SMILES string of the molecule is CCOC(=O)CN(c1ccc(OCc2cccc(-c3c(C)cccc3C)c2)cc1Cl)S(N)(=O)=O. The third-order valence-corrected chi connectivity index (χ3v) is 6.42. The molecule has 180 valence electrons. The zero-order valence-electron chi connectivity index (χ0n) is 19.2. The average Bonchev–Trinajstić information content (AvgIpc) is 2.76. The van der Waals surface area contributed by atoms with Crippen molar-refractivity contribution in [2.45, 2.75) is 27.4 Å². The fourth-order valence-corrected chi connectivity index (χ4v) is 4.71. The lowest BCUT2D eigenvalue weighted by Gasteiger charge is -2.22. The number of carbonyl (C=O) groups excluding carboxylic acids is 1. The van der Waals surface area contributed by atoms with Gasteiger partial charge in [-0.15, -0.1) is 0 Å². The fourth-order valence-electron chi connectivity index (χ4n) is 3.67. The molecule has 0 amide bonds. The summed E-state index contributed by atoms with van der Waals surface area (Å²) in [6.45, 7) is 5.61. The van der Waals surface area contributed by atoms with Crippen molar-refractivity contribution in [3.8, 4) is 16.9 Å². The van der Waals surface area contributed by atoms with Gasteiger partial charge in [-0.2, -0.15) is 8.42 Å². The lowest BCUT2D eigenvalue weighted by Crippen LogP contribution is -2.41. The van der Waals surface area contributed by atoms with E-state index in [9.17, 15) is 13.2 Å². The second kappa shape index (κ2) is 10.9. The molecule has 0 aliphatic carbocycles. The van der Waals surface area contributed by atoms with Crippen LogP contribution in [0.4, 0.5) is 5.69 Å². The van der Waals surface area contributed by atoms with Crippen LogP contribution in [0.5, 0.6) is 5.75 Å². The molecule has 9 heteroatoms. The molecule has 0 atom stereocenters. The number of hydrogen-bond donors (Lipinski definition) is 1. The number of esters is 1. The Kier molecular flexibility index (Phi) is 8.19. The molecule has 0 spiro atoms. The van der Waals surface area contributed by atoms with E-state index in [1.165, 1.54) is 28.8 Å². The summed E-state index contributed by atoms with van der Waals surface area (Å²) >= 11 is 6.32. The highest BCUT2D eigenvalue weighted by Crippen LogP contribution is 2.32. The number of benzene rings is 3. The normalized spacial score (nSPS) is 11.2. The molecule has 0 radical (unpaired) electrons. The summed E-state index contributed by atoms with van der Waals surface area (Å²) < 4.78 is 35.5. The van der Waals surface area contributed by atoms with Gasteiger partial charge in [-0.1, -0.05) is 48.0 Å². The molecule has 0 saturated heterocycles. The van der Waals surface area contributed by atoms with E-state index in [0.717, 1.165) is 11.1 Å². The Morgan fingerprint density at radius 1 is 1.03 bits per heavy atom. The highest BCUT2D eigenvalue weighted by atomic mass is 35.5. The van der Waals surface area contributed by atoms with Gasteiger partial charge in [-0.3, -0.25) is 4.79 Å². The maximum absolute atomic E-state index is 12.0. The zero-order chi connectivity index (χ0) is 24.9. The lowest BCUT2D eigenvalue weighted by atomic mass is 9.95. The van der Waals surface area contributed by atoms with E-state index in [1.54, 1.807) is 13.0 Å². The number of carbonyl (C=O) groups is 1. The van der Waals surface area contributed by atoms with E-state index in [4.69, 9.17) is 26.2 Å². The summed E-state index contributed by atoms with van der Waals surface area (Å²) in [6, 6.07) is 18.8. The van der Waals surface area contributed by atoms with Gasteiger partial charge < -0.3 is 9.47 Å². The fraction of sp³-hybridized carbons (Fsp3) is 0.240. The van der Waals surface area contributed by atoms with Gasteiger partial charge in [0, 0.05) is 6.07 Å². The molecule has 2 N–H and O–H groups in total. The van der Waals surface area contributed by atoms with Crippen LogP contribution in [0.3, 0.4) is 0 Å². The molecule has 0 saturated carbocycles. The van der Waals surface area contributed by atoms with Crippen molar-refractivity contribution in [3.05, 3.63) is 82.4 Å². The first-order valence-electron chi connectivity index (χ1n) is 10.6. The van der Waals surface area contributed by atoms with Crippen LogP contribution in [-0.2, 0) is 26.3 Å². The summed E-state index contributed by atoms with van der Waals surface area (Å²) in [5.74, 6) is -0.298. The molecule has 0 aromatic heterocycles. The number of rotatable bonds is 9. The maximum atomic E-state index is 12.0. The average molecular weight is 503 g/mol. The molecule has 0 aliphatic heterocycles. The van der Waals surface area contributed by atoms with Crippen LogP contribution in [0.2, 0.25) is 5.02 Å². The van der Waals surface area contributed by atoms with Gasteiger partial charge in [0.05, 0.1) is 17.3 Å². The highest BCUT2D eigenvalue weighted by Gasteiger charge is 2.24. The van der Waals surface area contributed by atoms with Gasteiger partial charge in [0.25, 0.3) is 10.2 Å². The molecule has 34 heavy (non-hydrogen) atoms. The van der Waals surface area contributed by atoms with E-state index in [1.807, 2.05) is 18.2 Å². The molecule has 3 rings (SSSR count). The number of nitrogens with two attached hydrogens (primary N) is 1. The second-order valence-electron chi connectivity index (χ2n) is 7.73. The minimum absolute atomic E-state index is 0.0570. The molecule has 0 unspecified atom stereocenters. The Balaban J connectivity index is 1.78. The van der Waals surface area contributed by atoms with Crippen LogP contribution in [0.15, 0.2) is 60.7 Å². The number of halogens is 1. The first-order chi connectivity index (χ1) is 16.1. The molecular formula is C25H27ClN2O5S. The monoisotopic (exact) mass is 502 g/mol. The van der Waals surface area contributed by atoms with Crippen LogP contribution in [0, 0.1) is 13.8 Å². The first-order valence-corrected chi connectivity index (χ1v) is 12.5. The number of nitrogens with zero attached hydrogens (tertiary/aromatic N) is 1. The minimum Gasteiger partial charge on any atom is -0.489 e. The molecule has 0 fully saturated rings. The largest absolute Gasteiger partial charge is 0.489 e. The summed E-state index contributed by atoms with van der Waals surface area (Å²) in [4.78, 5) is 11.8. The molecule has 0 bridgehead atoms. The molecule has 3 aromatic rings. The predicted molar refractivity (Wildman–Crippen MR) is 134 cm³/mol. The number of hydrogen-bond acceptors (Lipinski definition) is 5. The van der Waals surface area contributed by atoms with Crippen molar-refractivity contribution in [2.75, 3.05) is 17.5 Å². The lowest BCUT2D eigenvalue weighted by molar-refractivity contribution is -0.141. The molecule has 3 aromatic carbocycles. The number of ether oxygens (including phenoxy) is 2. The van der Waals surface area contributed by atoms with E-state index >= 15 is 0 Å². The summed E-state index contributed by atoms with van der Waals surface area (Å²) in [5, 5.41) is 5.35. The molecule has 0 heterocycles. The quantitative estimate of drug-likeness (QED) is 0.425. The summed E-state index contributed by atoms with van der Waals surface area (Å²) in [7, 11) is -4.25. The van der Waals surface area contributed by atoms with Crippen molar-refractivity contribution in [2.24, 2.45) is 5.14 Å². The highest BCUT2D eigenvalue weighted by molar-refractivity contribution is 7.90. The van der Waals surface area contributed by atoms with E-state index in [-0.39, 0.29) is 23.9 Å². The third kappa shape index (κ3) is 6.28. The Labute approximate surface area is 205 Å². The van der Waals surface area contributed by atoms with E-state index < -0.39 is 22.7 Å². The minimum atomic E-state index is -4.25. The smallest absolute Gasteiger partial charge is 0.326 e. The Morgan fingerprint density at radius 2 is 1.71 bits per heavy atom. The van der Waals surface area contributed by atoms with Gasteiger partial charge in [0.15, 0.2) is 0 Å². The maximum Gasteiger partial charge on any atom is 0.326 e. The van der Waals surface area contributed by atoms with Gasteiger partial charge in [0.1, 0.15) is 18.9 Å². The van der Waals surface area contributed by atoms with Crippen LogP contribution < -0.4 is 14.2 Å². The van der Waals surface area contributed by atoms with Crippen LogP contribution >= 0.6 is 11.6 Å². The van der Waals surface area contributed by atoms with Crippen LogP contribution in [0.1, 0.15) is 23.6 Å². The summed E-state index contributed by atoms with van der Waals surface area (Å²) in [6.07, 6.45) is 0. The zero-order valence-corrected chi connectivity index (χ0v) is 20.8. The Bertz CT molecular complexity index is 1270. The number of anilines is 1. The standard InChI is InChI=1S/C25H27ClN2O5S/c1-4-32-24(29)15-28(34(27,30)31)23-12-11-21(14-22(23)26)33-16-19-9-6-10-20(13-19)25-17(2)7-5-8-18(25)3/h5-14H,4,15-16H2,1-3H3,(H2,27,30,31). The topological polar surface area (TPSA) is 98.9 Å². The van der Waals surface area contributed by atoms with E-state index in [2.05, 4.69) is 38.1 Å². The predicted octanol–water partition coefficient (Wildman–Crippen LogP) is 4.78. The van der Waals surface area contributed by atoms with Crippen LogP contribution in [0.25, 0.3) is 11.1 Å².